The standard InChI is InChI=1S/C84H92O2.I2S/c1-77(2,3)49-31-45(32-50(39-49)78(4,5)6)65-71-59-29-25-27-57-62-44-64-70-58(61(62)43-63(69(57)59)73(71)67(75(65)85)47-35-53(81(13,14)15)41-54(36-47)82(16,17)18)28-26-30-60(70)72-66(46-33-51(79(7,8)9)40-52(34-46)80(10,11)12)76(86)68(74(64)72)48-37-55(83(19,20)21)42-56(38-48)84(22,23)24;1-3-2/h25-44H,1-24H3;. The lowest BCUT2D eigenvalue weighted by Gasteiger charge is -2.26. The molecule has 0 amide bonds. The van der Waals surface area contributed by atoms with Gasteiger partial charge in [-0.05, 0) is 182 Å². The Balaban J connectivity index is 0.00000267. The predicted molar refractivity (Wildman–Crippen MR) is 413 cm³/mol. The van der Waals surface area contributed by atoms with Crippen LogP contribution in [0.5, 0.6) is 0 Å². The molecular weight excluding hydrogens is 1330 g/mol. The summed E-state index contributed by atoms with van der Waals surface area (Å²) in [6, 6.07) is 46.5. The van der Waals surface area contributed by atoms with Gasteiger partial charge in [0.15, 0.2) is 10.9 Å². The first kappa shape index (κ1) is 65.2. The molecule has 0 heterocycles. The van der Waals surface area contributed by atoms with Gasteiger partial charge in [-0.25, -0.2) is 0 Å². The highest BCUT2D eigenvalue weighted by atomic mass is 127. The van der Waals surface area contributed by atoms with Gasteiger partial charge in [0, 0.05) is 86.2 Å². The Morgan fingerprint density at radius 2 is 0.416 bits per heavy atom. The van der Waals surface area contributed by atoms with Gasteiger partial charge in [-0.2, -0.15) is 0 Å². The molecular formula is C84H92I2O2S. The van der Waals surface area contributed by atoms with Crippen molar-refractivity contribution < 1.29 is 0 Å². The number of fused-ring (bicyclic) bond motifs is 9. The molecule has 460 valence electrons. The first-order chi connectivity index (χ1) is 40.9. The maximum Gasteiger partial charge on any atom is 0.195 e. The Morgan fingerprint density at radius 3 is 0.607 bits per heavy atom. The Bertz CT molecular complexity index is 4480. The summed E-state index contributed by atoms with van der Waals surface area (Å²) < 4.78 is 0. The van der Waals surface area contributed by atoms with Crippen LogP contribution in [-0.2, 0) is 43.3 Å². The van der Waals surface area contributed by atoms with Crippen molar-refractivity contribution in [1.82, 2.24) is 0 Å². The molecule has 0 spiro atoms. The molecule has 12 aromatic carbocycles. The summed E-state index contributed by atoms with van der Waals surface area (Å²) in [6.45, 7) is 54.8. The highest BCUT2D eigenvalue weighted by molar-refractivity contribution is 14.3. The second-order valence-electron chi connectivity index (χ2n) is 34.3. The average molecular weight is 1420 g/mol. The molecule has 0 saturated heterocycles. The monoisotopic (exact) mass is 1420 g/mol. The van der Waals surface area contributed by atoms with Crippen LogP contribution in [0.1, 0.15) is 211 Å². The highest BCUT2D eigenvalue weighted by Gasteiger charge is 2.35. The minimum Gasteiger partial charge on any atom is -0.289 e. The molecule has 89 heavy (non-hydrogen) atoms. The third kappa shape index (κ3) is 11.2. The third-order valence-electron chi connectivity index (χ3n) is 19.4. The summed E-state index contributed by atoms with van der Waals surface area (Å²) in [5.74, 6) is 0. The van der Waals surface area contributed by atoms with Crippen LogP contribution < -0.4 is 10.9 Å². The van der Waals surface area contributed by atoms with Gasteiger partial charge in [0.05, 0.1) is 0 Å². The molecule has 0 atom stereocenters. The molecule has 12 aromatic rings. The number of hydrogen-bond donors (Lipinski definition) is 0. The Labute approximate surface area is 559 Å². The largest absolute Gasteiger partial charge is 0.289 e. The quantitative estimate of drug-likeness (QED) is 0.130. The molecule has 0 aliphatic rings. The molecule has 0 aliphatic heterocycles. The maximum absolute atomic E-state index is 16.5. The lowest BCUT2D eigenvalue weighted by Crippen LogP contribution is -2.17. The van der Waals surface area contributed by atoms with Crippen molar-refractivity contribution in [3.05, 3.63) is 186 Å². The van der Waals surface area contributed by atoms with Crippen molar-refractivity contribution in [1.29, 1.82) is 0 Å². The van der Waals surface area contributed by atoms with Crippen LogP contribution in [0.25, 0.3) is 120 Å². The van der Waals surface area contributed by atoms with E-state index in [1.54, 1.807) is 6.10 Å². The Kier molecular flexibility index (Phi) is 15.8. The van der Waals surface area contributed by atoms with E-state index in [9.17, 15) is 0 Å². The molecule has 0 saturated carbocycles. The van der Waals surface area contributed by atoms with Gasteiger partial charge >= 0.3 is 0 Å². The van der Waals surface area contributed by atoms with Gasteiger partial charge < -0.3 is 0 Å². The molecule has 0 aromatic heterocycles. The highest BCUT2D eigenvalue weighted by Crippen LogP contribution is 2.55. The molecule has 0 fully saturated rings. The number of benzene rings is 8. The van der Waals surface area contributed by atoms with Crippen molar-refractivity contribution in [2.24, 2.45) is 0 Å². The minimum absolute atomic E-state index is 0.0849. The molecule has 0 N–H and O–H groups in total. The van der Waals surface area contributed by atoms with Crippen molar-refractivity contribution in [3.8, 4) is 44.5 Å². The van der Waals surface area contributed by atoms with Crippen LogP contribution in [0, 0.1) is 0 Å². The summed E-state index contributed by atoms with van der Waals surface area (Å²) in [6.07, 6.45) is 1.69. The van der Waals surface area contributed by atoms with Crippen LogP contribution in [0.2, 0.25) is 0 Å². The summed E-state index contributed by atoms with van der Waals surface area (Å²) >= 11 is 4.38. The zero-order valence-corrected chi connectivity index (χ0v) is 62.7. The van der Waals surface area contributed by atoms with Gasteiger partial charge in [-0.15, -0.1) is 0 Å². The normalized spacial score (nSPS) is 13.6. The fourth-order valence-corrected chi connectivity index (χ4v) is 13.9. The average Bonchev–Trinajstić information content (AvgIpc) is 1.53. The second kappa shape index (κ2) is 21.6. The number of rotatable bonds is 4. The molecule has 12 rings (SSSR count). The van der Waals surface area contributed by atoms with E-state index in [1.165, 1.54) is 55.3 Å². The van der Waals surface area contributed by atoms with Gasteiger partial charge in [-0.3, -0.25) is 9.59 Å². The third-order valence-corrected chi connectivity index (χ3v) is 19.4. The Hall–Kier alpha value is -5.35. The lowest BCUT2D eigenvalue weighted by molar-refractivity contribution is 0.568. The molecule has 0 radical (unpaired) electrons. The van der Waals surface area contributed by atoms with Crippen LogP contribution in [-0.4, -0.2) is 0 Å². The molecule has 0 aliphatic carbocycles. The first-order valence-corrected chi connectivity index (χ1v) is 37.9. The first-order valence-electron chi connectivity index (χ1n) is 32.0. The fraction of sp³-hybridized carbons (Fsp3) is 0.381. The maximum atomic E-state index is 16.5. The van der Waals surface area contributed by atoms with Crippen molar-refractivity contribution >= 4 is 124 Å². The zero-order valence-electron chi connectivity index (χ0n) is 57.5. The van der Waals surface area contributed by atoms with E-state index < -0.39 is 0 Å². The van der Waals surface area contributed by atoms with E-state index in [0.29, 0.717) is 0 Å². The van der Waals surface area contributed by atoms with E-state index in [-0.39, 0.29) is 54.2 Å². The van der Waals surface area contributed by atoms with Gasteiger partial charge in [-0.1, -0.05) is 275 Å². The fourth-order valence-electron chi connectivity index (χ4n) is 13.9. The van der Waals surface area contributed by atoms with Crippen molar-refractivity contribution in [2.45, 2.75) is 209 Å². The van der Waals surface area contributed by atoms with Crippen LogP contribution in [0.3, 0.4) is 0 Å². The van der Waals surface area contributed by atoms with Crippen molar-refractivity contribution in [2.75, 3.05) is 0 Å². The van der Waals surface area contributed by atoms with Crippen molar-refractivity contribution in [3.63, 3.8) is 0 Å². The van der Waals surface area contributed by atoms with Gasteiger partial charge in [0.25, 0.3) is 0 Å². The lowest BCUT2D eigenvalue weighted by atomic mass is 9.78. The topological polar surface area (TPSA) is 34.1 Å². The molecule has 0 bridgehead atoms. The van der Waals surface area contributed by atoms with Crippen LogP contribution in [0.4, 0.5) is 0 Å². The van der Waals surface area contributed by atoms with Gasteiger partial charge in [0.2, 0.25) is 0 Å². The van der Waals surface area contributed by atoms with E-state index in [2.05, 4.69) is 330 Å². The van der Waals surface area contributed by atoms with E-state index in [4.69, 9.17) is 0 Å². The second-order valence-corrected chi connectivity index (χ2v) is 42.1. The summed E-state index contributed by atoms with van der Waals surface area (Å²) in [5, 5.41) is 15.5. The van der Waals surface area contributed by atoms with E-state index >= 15 is 9.59 Å². The molecule has 5 heteroatoms. The summed E-state index contributed by atoms with van der Waals surface area (Å²) in [4.78, 5) is 32.9. The number of halogens is 2. The summed E-state index contributed by atoms with van der Waals surface area (Å²) in [7, 11) is 0. The molecule has 2 nitrogen and oxygen atoms in total. The Morgan fingerprint density at radius 1 is 0.236 bits per heavy atom. The van der Waals surface area contributed by atoms with E-state index in [0.717, 1.165) is 109 Å². The van der Waals surface area contributed by atoms with Gasteiger partial charge in [0.1, 0.15) is 0 Å². The SMILES string of the molecule is CC(C)(C)c1cc(-c2c(=O)c(-c3cc(C(C)(C)C)cc(C(C)(C)C)c3)c3c4cc5c(cc6c7c(-c8cc(C(C)(C)C)cc(C(C)(C)C)c8)c(=O)c(-c8cc(C(C)(C)C)cc(C(C)(C)C)c8)c7c7cccc5c76)c5cccc(c23)c54)cc(C(C)(C)C)c1.ISI. The smallest absolute Gasteiger partial charge is 0.195 e. The predicted octanol–water partition coefficient (Wildman–Crippen LogP) is 25.7. The van der Waals surface area contributed by atoms with Crippen LogP contribution in [0.15, 0.2) is 131 Å². The number of hydrogen-bond acceptors (Lipinski definition) is 3. The van der Waals surface area contributed by atoms with E-state index in [1.807, 2.05) is 0 Å². The van der Waals surface area contributed by atoms with Crippen LogP contribution >= 0.6 is 48.5 Å². The zero-order chi connectivity index (χ0) is 65.3. The molecule has 0 unspecified atom stereocenters. The summed E-state index contributed by atoms with van der Waals surface area (Å²) in [5.41, 5.74) is 15.7. The minimum atomic E-state index is -0.165.